The molecule has 0 spiro atoms. The highest BCUT2D eigenvalue weighted by atomic mass is 32.2. The molecule has 0 nitrogen and oxygen atoms in total. The van der Waals surface area contributed by atoms with E-state index in [1.807, 2.05) is 11.8 Å². The zero-order valence-electron chi connectivity index (χ0n) is 7.26. The highest BCUT2D eigenvalue weighted by molar-refractivity contribution is 8.02. The summed E-state index contributed by atoms with van der Waals surface area (Å²) in [5, 5.41) is 2.23. The summed E-state index contributed by atoms with van der Waals surface area (Å²) in [5.74, 6) is 2.06. The van der Waals surface area contributed by atoms with E-state index in [9.17, 15) is 0 Å². The molecule has 0 aliphatic rings. The molecule has 60 valence electrons. The fraction of sp³-hybridized carbons (Fsp3) is 0.778. The van der Waals surface area contributed by atoms with Crippen molar-refractivity contribution in [3.05, 3.63) is 11.5 Å². The second kappa shape index (κ2) is 7.20. The third kappa shape index (κ3) is 8.09. The number of thioether (sulfide) groups is 1. The summed E-state index contributed by atoms with van der Waals surface area (Å²) in [5.41, 5.74) is 0. The van der Waals surface area contributed by atoms with Gasteiger partial charge < -0.3 is 0 Å². The van der Waals surface area contributed by atoms with Crippen molar-refractivity contribution in [2.24, 2.45) is 5.92 Å². The molecule has 0 N–H and O–H groups in total. The molecule has 10 heavy (non-hydrogen) atoms. The lowest BCUT2D eigenvalue weighted by molar-refractivity contribution is 0.664. The quantitative estimate of drug-likeness (QED) is 0.550. The van der Waals surface area contributed by atoms with E-state index in [4.69, 9.17) is 0 Å². The number of hydrogen-bond acceptors (Lipinski definition) is 1. The number of hydrogen-bond donors (Lipinski definition) is 0. The minimum absolute atomic E-state index is 0.804. The Labute approximate surface area is 69.1 Å². The van der Waals surface area contributed by atoms with Gasteiger partial charge in [-0.1, -0.05) is 26.8 Å². The Bertz CT molecular complexity index is 84.7. The molecule has 0 heterocycles. The van der Waals surface area contributed by atoms with Crippen molar-refractivity contribution in [2.75, 3.05) is 5.75 Å². The van der Waals surface area contributed by atoms with Crippen LogP contribution < -0.4 is 0 Å². The molecule has 0 unspecified atom stereocenters. The number of allylic oxidation sites excluding steroid dienone is 1. The molecule has 0 aromatic carbocycles. The second-order valence-electron chi connectivity index (χ2n) is 2.87. The Morgan fingerprint density at radius 2 is 2.10 bits per heavy atom. The Morgan fingerprint density at radius 3 is 2.60 bits per heavy atom. The van der Waals surface area contributed by atoms with Gasteiger partial charge in [-0.25, -0.2) is 0 Å². The minimum atomic E-state index is 0.804. The fourth-order valence-corrected chi connectivity index (χ4v) is 1.20. The van der Waals surface area contributed by atoms with Crippen LogP contribution in [-0.2, 0) is 0 Å². The van der Waals surface area contributed by atoms with Crippen LogP contribution in [0.5, 0.6) is 0 Å². The maximum Gasteiger partial charge on any atom is -0.00287 e. The van der Waals surface area contributed by atoms with Gasteiger partial charge in [-0.3, -0.25) is 0 Å². The summed E-state index contributed by atoms with van der Waals surface area (Å²) in [6.07, 6.45) is 4.76. The Kier molecular flexibility index (Phi) is 7.26. The van der Waals surface area contributed by atoms with E-state index in [1.165, 1.54) is 18.6 Å². The van der Waals surface area contributed by atoms with E-state index >= 15 is 0 Å². The summed E-state index contributed by atoms with van der Waals surface area (Å²) in [7, 11) is 0. The third-order valence-corrected chi connectivity index (χ3v) is 2.15. The van der Waals surface area contributed by atoms with Crippen LogP contribution >= 0.6 is 11.8 Å². The topological polar surface area (TPSA) is 0 Å². The Balaban J connectivity index is 3.04. The van der Waals surface area contributed by atoms with Crippen molar-refractivity contribution in [2.45, 2.75) is 33.6 Å². The van der Waals surface area contributed by atoms with Crippen molar-refractivity contribution in [1.29, 1.82) is 0 Å². The molecule has 0 rings (SSSR count). The van der Waals surface area contributed by atoms with E-state index in [-0.39, 0.29) is 0 Å². The van der Waals surface area contributed by atoms with Gasteiger partial charge in [0.1, 0.15) is 0 Å². The molecule has 0 saturated heterocycles. The van der Waals surface area contributed by atoms with E-state index in [2.05, 4.69) is 32.3 Å². The molecule has 1 heteroatoms. The normalized spacial score (nSPS) is 11.6. The first-order chi connectivity index (χ1) is 4.77. The van der Waals surface area contributed by atoms with Gasteiger partial charge in [-0.15, -0.1) is 11.8 Å². The van der Waals surface area contributed by atoms with Gasteiger partial charge in [0.2, 0.25) is 0 Å². The standard InChI is InChI=1S/C9H18S/c1-4-7-10-8-5-6-9(2)3/h5,8-9H,4,6-7H2,1-3H3/b8-5-. The van der Waals surface area contributed by atoms with Crippen LogP contribution in [0.2, 0.25) is 0 Å². The second-order valence-corrected chi connectivity index (χ2v) is 3.89. The highest BCUT2D eigenvalue weighted by Gasteiger charge is 1.86. The van der Waals surface area contributed by atoms with Gasteiger partial charge in [-0.2, -0.15) is 0 Å². The molecule has 0 amide bonds. The summed E-state index contributed by atoms with van der Waals surface area (Å²) in [6, 6.07) is 0. The molecule has 0 radical (unpaired) electrons. The van der Waals surface area contributed by atoms with Gasteiger partial charge >= 0.3 is 0 Å². The maximum absolute atomic E-state index is 2.27. The molecule has 0 aliphatic heterocycles. The minimum Gasteiger partial charge on any atom is -0.134 e. The molecule has 0 aromatic heterocycles. The summed E-state index contributed by atoms with van der Waals surface area (Å²) >= 11 is 1.91. The van der Waals surface area contributed by atoms with Crippen LogP contribution in [0.15, 0.2) is 11.5 Å². The third-order valence-electron chi connectivity index (χ3n) is 1.12. The molecule has 0 fully saturated rings. The van der Waals surface area contributed by atoms with Gasteiger partial charge in [0.25, 0.3) is 0 Å². The van der Waals surface area contributed by atoms with E-state index in [0.29, 0.717) is 0 Å². The predicted molar refractivity (Wildman–Crippen MR) is 51.3 cm³/mol. The van der Waals surface area contributed by atoms with Gasteiger partial charge in [0.05, 0.1) is 0 Å². The Hall–Kier alpha value is 0.0900. The first-order valence-electron chi connectivity index (χ1n) is 4.04. The SMILES string of the molecule is CCCS/C=C\CC(C)C. The number of rotatable bonds is 5. The van der Waals surface area contributed by atoms with Crippen LogP contribution in [0.25, 0.3) is 0 Å². The molecule has 0 saturated carbocycles. The van der Waals surface area contributed by atoms with Crippen LogP contribution in [0.4, 0.5) is 0 Å². The first kappa shape index (κ1) is 10.1. The lowest BCUT2D eigenvalue weighted by atomic mass is 10.1. The van der Waals surface area contributed by atoms with E-state index in [1.54, 1.807) is 0 Å². The smallest absolute Gasteiger partial charge is 0.00287 e. The zero-order chi connectivity index (χ0) is 7.82. The van der Waals surface area contributed by atoms with E-state index < -0.39 is 0 Å². The highest BCUT2D eigenvalue weighted by Crippen LogP contribution is 2.07. The molecular formula is C9H18S. The van der Waals surface area contributed by atoms with E-state index in [0.717, 1.165) is 5.92 Å². The van der Waals surface area contributed by atoms with Crippen LogP contribution in [0, 0.1) is 5.92 Å². The summed E-state index contributed by atoms with van der Waals surface area (Å²) in [4.78, 5) is 0. The van der Waals surface area contributed by atoms with Gasteiger partial charge in [-0.05, 0) is 29.9 Å². The average Bonchev–Trinajstić information content (AvgIpc) is 1.87. The molecule has 0 aromatic rings. The monoisotopic (exact) mass is 158 g/mol. The zero-order valence-corrected chi connectivity index (χ0v) is 8.08. The van der Waals surface area contributed by atoms with Crippen LogP contribution in [0.1, 0.15) is 33.6 Å². The molecule has 0 atom stereocenters. The van der Waals surface area contributed by atoms with Gasteiger partial charge in [0, 0.05) is 0 Å². The summed E-state index contributed by atoms with van der Waals surface area (Å²) in [6.45, 7) is 6.70. The van der Waals surface area contributed by atoms with Crippen LogP contribution in [0.3, 0.4) is 0 Å². The summed E-state index contributed by atoms with van der Waals surface area (Å²) < 4.78 is 0. The molecular weight excluding hydrogens is 140 g/mol. The van der Waals surface area contributed by atoms with Gasteiger partial charge in [0.15, 0.2) is 0 Å². The lowest BCUT2D eigenvalue weighted by Crippen LogP contribution is -1.80. The van der Waals surface area contributed by atoms with Crippen molar-refractivity contribution >= 4 is 11.8 Å². The van der Waals surface area contributed by atoms with Crippen molar-refractivity contribution in [1.82, 2.24) is 0 Å². The average molecular weight is 158 g/mol. The first-order valence-corrected chi connectivity index (χ1v) is 5.08. The van der Waals surface area contributed by atoms with Crippen molar-refractivity contribution < 1.29 is 0 Å². The van der Waals surface area contributed by atoms with Crippen molar-refractivity contribution in [3.63, 3.8) is 0 Å². The predicted octanol–water partition coefficient (Wildman–Crippen LogP) is 3.69. The van der Waals surface area contributed by atoms with Crippen LogP contribution in [-0.4, -0.2) is 5.75 Å². The van der Waals surface area contributed by atoms with Crippen molar-refractivity contribution in [3.8, 4) is 0 Å². The molecule has 0 aliphatic carbocycles. The lowest BCUT2D eigenvalue weighted by Gasteiger charge is -1.95. The largest absolute Gasteiger partial charge is 0.134 e. The molecule has 0 bridgehead atoms. The Morgan fingerprint density at radius 1 is 1.40 bits per heavy atom. The maximum atomic E-state index is 2.27. The fourth-order valence-electron chi connectivity index (χ4n) is 0.582.